The summed E-state index contributed by atoms with van der Waals surface area (Å²) in [6, 6.07) is 5.16. The zero-order chi connectivity index (χ0) is 10.8. The van der Waals surface area contributed by atoms with Crippen molar-refractivity contribution in [1.82, 2.24) is 5.32 Å². The first kappa shape index (κ1) is 11.0. The lowest BCUT2D eigenvalue weighted by Gasteiger charge is -2.17. The molecule has 3 nitrogen and oxygen atoms in total. The zero-order valence-electron chi connectivity index (χ0n) is 7.91. The molecular formula is C10H11Cl2NO2. The Kier molecular flexibility index (Phi) is 3.36. The molecule has 15 heavy (non-hydrogen) atoms. The fraction of sp³-hybridized carbons (Fsp3) is 0.400. The smallest absolute Gasteiger partial charge is 0.157 e. The maximum absolute atomic E-state index is 9.56. The Hall–Kier alpha value is -0.480. The summed E-state index contributed by atoms with van der Waals surface area (Å²) in [5.74, 6) is 0.439. The van der Waals surface area contributed by atoms with E-state index in [0.29, 0.717) is 28.9 Å². The summed E-state index contributed by atoms with van der Waals surface area (Å²) in [4.78, 5) is 0. The summed E-state index contributed by atoms with van der Waals surface area (Å²) in [6.45, 7) is 1.13. The minimum absolute atomic E-state index is 0.289. The zero-order valence-corrected chi connectivity index (χ0v) is 9.42. The lowest BCUT2D eigenvalue weighted by atomic mass is 10.2. The summed E-state index contributed by atoms with van der Waals surface area (Å²) < 4.78 is 5.57. The van der Waals surface area contributed by atoms with Gasteiger partial charge in [0, 0.05) is 13.1 Å². The van der Waals surface area contributed by atoms with Crippen molar-refractivity contribution in [3.05, 3.63) is 28.2 Å². The molecule has 1 heterocycles. The van der Waals surface area contributed by atoms with Crippen LogP contribution in [0.2, 0.25) is 10.0 Å². The second kappa shape index (κ2) is 4.58. The highest BCUT2D eigenvalue weighted by Crippen LogP contribution is 2.33. The van der Waals surface area contributed by atoms with Gasteiger partial charge in [0.2, 0.25) is 0 Å². The van der Waals surface area contributed by atoms with Gasteiger partial charge < -0.3 is 15.2 Å². The molecule has 0 bridgehead atoms. The first-order valence-electron chi connectivity index (χ1n) is 4.68. The lowest BCUT2D eigenvalue weighted by Crippen LogP contribution is -2.30. The largest absolute Gasteiger partial charge is 0.483 e. The third-order valence-corrected chi connectivity index (χ3v) is 2.91. The molecule has 1 aromatic carbocycles. The number of halogens is 2. The van der Waals surface area contributed by atoms with Gasteiger partial charge in [-0.1, -0.05) is 29.3 Å². The molecule has 5 heteroatoms. The van der Waals surface area contributed by atoms with Gasteiger partial charge >= 0.3 is 0 Å². The lowest BCUT2D eigenvalue weighted by molar-refractivity contribution is 0.0739. The van der Waals surface area contributed by atoms with Gasteiger partial charge in [-0.2, -0.15) is 0 Å². The van der Waals surface area contributed by atoms with Gasteiger partial charge in [-0.25, -0.2) is 0 Å². The van der Waals surface area contributed by atoms with Crippen molar-refractivity contribution in [2.75, 3.05) is 13.1 Å². The van der Waals surface area contributed by atoms with Crippen LogP contribution in [0.1, 0.15) is 0 Å². The van der Waals surface area contributed by atoms with Crippen LogP contribution < -0.4 is 10.1 Å². The fourth-order valence-electron chi connectivity index (χ4n) is 1.51. The summed E-state index contributed by atoms with van der Waals surface area (Å²) in [7, 11) is 0. The van der Waals surface area contributed by atoms with Gasteiger partial charge in [-0.15, -0.1) is 0 Å². The number of rotatable bonds is 2. The monoisotopic (exact) mass is 247 g/mol. The van der Waals surface area contributed by atoms with Gasteiger partial charge in [-0.05, 0) is 12.1 Å². The van der Waals surface area contributed by atoms with Crippen LogP contribution in [0.25, 0.3) is 0 Å². The van der Waals surface area contributed by atoms with E-state index < -0.39 is 6.10 Å². The Balaban J connectivity index is 2.16. The Labute approximate surface area is 97.9 Å². The van der Waals surface area contributed by atoms with Gasteiger partial charge in [0.1, 0.15) is 12.2 Å². The molecule has 2 rings (SSSR count). The number of para-hydroxylation sites is 1. The number of aliphatic hydroxyl groups excluding tert-OH is 1. The molecule has 1 fully saturated rings. The van der Waals surface area contributed by atoms with Crippen LogP contribution in [-0.2, 0) is 0 Å². The van der Waals surface area contributed by atoms with E-state index >= 15 is 0 Å². The average molecular weight is 248 g/mol. The molecule has 2 N–H and O–H groups in total. The number of nitrogens with one attached hydrogen (secondary N) is 1. The van der Waals surface area contributed by atoms with Gasteiger partial charge in [0.25, 0.3) is 0 Å². The minimum Gasteiger partial charge on any atom is -0.483 e. The van der Waals surface area contributed by atoms with E-state index in [1.807, 2.05) is 0 Å². The molecule has 0 unspecified atom stereocenters. The normalized spacial score (nSPS) is 25.5. The van der Waals surface area contributed by atoms with Crippen LogP contribution in [-0.4, -0.2) is 30.4 Å². The van der Waals surface area contributed by atoms with Crippen molar-refractivity contribution in [1.29, 1.82) is 0 Å². The van der Waals surface area contributed by atoms with E-state index in [-0.39, 0.29) is 6.10 Å². The highest BCUT2D eigenvalue weighted by Gasteiger charge is 2.27. The maximum atomic E-state index is 9.56. The number of hydrogen-bond acceptors (Lipinski definition) is 3. The van der Waals surface area contributed by atoms with Gasteiger partial charge in [-0.3, -0.25) is 0 Å². The SMILES string of the molecule is O[C@@H]1CNC[C@H]1Oc1c(Cl)cccc1Cl. The maximum Gasteiger partial charge on any atom is 0.157 e. The Morgan fingerprint density at radius 3 is 2.47 bits per heavy atom. The molecule has 0 spiro atoms. The predicted molar refractivity (Wildman–Crippen MR) is 59.8 cm³/mol. The Morgan fingerprint density at radius 1 is 1.27 bits per heavy atom. The molecule has 0 saturated carbocycles. The molecule has 0 radical (unpaired) electrons. The second-order valence-corrected chi connectivity index (χ2v) is 4.25. The highest BCUT2D eigenvalue weighted by molar-refractivity contribution is 6.37. The van der Waals surface area contributed by atoms with Crippen LogP contribution in [0.3, 0.4) is 0 Å². The second-order valence-electron chi connectivity index (χ2n) is 3.43. The number of β-amino-alcohol motifs (C(OH)–C–C–N with tert-alkyl or cyclic N) is 1. The van der Waals surface area contributed by atoms with E-state index in [4.69, 9.17) is 27.9 Å². The summed E-state index contributed by atoms with van der Waals surface area (Å²) in [6.07, 6.45) is -0.806. The van der Waals surface area contributed by atoms with E-state index in [1.54, 1.807) is 18.2 Å². The van der Waals surface area contributed by atoms with Crippen molar-refractivity contribution >= 4 is 23.2 Å². The number of hydrogen-bond donors (Lipinski definition) is 2. The third-order valence-electron chi connectivity index (χ3n) is 2.32. The third kappa shape index (κ3) is 2.37. The molecule has 0 aliphatic carbocycles. The van der Waals surface area contributed by atoms with Crippen LogP contribution in [0.15, 0.2) is 18.2 Å². The molecule has 82 valence electrons. The van der Waals surface area contributed by atoms with Crippen molar-refractivity contribution in [2.24, 2.45) is 0 Å². The van der Waals surface area contributed by atoms with Crippen LogP contribution >= 0.6 is 23.2 Å². The molecule has 0 aromatic heterocycles. The van der Waals surface area contributed by atoms with Gasteiger partial charge in [0.15, 0.2) is 5.75 Å². The molecule has 2 atom stereocenters. The number of aliphatic hydroxyl groups is 1. The molecule has 1 saturated heterocycles. The van der Waals surface area contributed by atoms with E-state index in [0.717, 1.165) is 0 Å². The number of benzene rings is 1. The standard InChI is InChI=1S/C10H11Cl2NO2/c11-6-2-1-3-7(12)10(6)15-9-5-13-4-8(9)14/h1-3,8-9,13-14H,4-5H2/t8-,9-/m1/s1. The van der Waals surface area contributed by atoms with Crippen LogP contribution in [0, 0.1) is 0 Å². The molecular weight excluding hydrogens is 237 g/mol. The Bertz CT molecular complexity index is 339. The quantitative estimate of drug-likeness (QED) is 0.837. The van der Waals surface area contributed by atoms with E-state index in [9.17, 15) is 5.11 Å². The van der Waals surface area contributed by atoms with Crippen LogP contribution in [0.5, 0.6) is 5.75 Å². The molecule has 1 aliphatic heterocycles. The summed E-state index contributed by atoms with van der Waals surface area (Å²) in [5, 5.41) is 13.5. The van der Waals surface area contributed by atoms with Crippen LogP contribution in [0.4, 0.5) is 0 Å². The number of ether oxygens (including phenoxy) is 1. The predicted octanol–water partition coefficient (Wildman–Crippen LogP) is 1.70. The van der Waals surface area contributed by atoms with E-state index in [1.165, 1.54) is 0 Å². The first-order valence-corrected chi connectivity index (χ1v) is 5.43. The van der Waals surface area contributed by atoms with E-state index in [2.05, 4.69) is 5.32 Å². The van der Waals surface area contributed by atoms with Crippen molar-refractivity contribution < 1.29 is 9.84 Å². The average Bonchev–Trinajstić information content (AvgIpc) is 2.58. The topological polar surface area (TPSA) is 41.5 Å². The summed E-state index contributed by atoms with van der Waals surface area (Å²) in [5.41, 5.74) is 0. The minimum atomic E-state index is -0.516. The Morgan fingerprint density at radius 2 is 1.93 bits per heavy atom. The van der Waals surface area contributed by atoms with Crippen molar-refractivity contribution in [2.45, 2.75) is 12.2 Å². The van der Waals surface area contributed by atoms with Crippen molar-refractivity contribution in [3.8, 4) is 5.75 Å². The first-order chi connectivity index (χ1) is 7.18. The molecule has 0 amide bonds. The molecule has 1 aromatic rings. The fourth-order valence-corrected chi connectivity index (χ4v) is 1.99. The molecule has 1 aliphatic rings. The van der Waals surface area contributed by atoms with Crippen molar-refractivity contribution in [3.63, 3.8) is 0 Å². The van der Waals surface area contributed by atoms with Gasteiger partial charge in [0.05, 0.1) is 10.0 Å². The highest BCUT2D eigenvalue weighted by atomic mass is 35.5. The summed E-state index contributed by atoms with van der Waals surface area (Å²) >= 11 is 11.9.